The number of hydrazine groups is 1. The Hall–Kier alpha value is -0.820. The van der Waals surface area contributed by atoms with Crippen molar-refractivity contribution in [2.45, 2.75) is 12.5 Å². The van der Waals surface area contributed by atoms with Crippen molar-refractivity contribution < 1.29 is 4.39 Å². The van der Waals surface area contributed by atoms with Crippen LogP contribution in [0, 0.1) is 5.82 Å². The Balaban J connectivity index is 2.21. The van der Waals surface area contributed by atoms with Crippen LogP contribution in [0.3, 0.4) is 0 Å². The fourth-order valence-corrected chi connectivity index (χ4v) is 2.65. The molecule has 6 heteroatoms. The molecule has 0 aliphatic rings. The van der Waals surface area contributed by atoms with Gasteiger partial charge in [-0.3, -0.25) is 16.3 Å². The van der Waals surface area contributed by atoms with E-state index in [1.54, 1.807) is 17.8 Å². The molecule has 0 amide bonds. The molecule has 1 aromatic carbocycles. The number of halogens is 2. The molecule has 0 radical (unpaired) electrons. The van der Waals surface area contributed by atoms with Gasteiger partial charge in [0.25, 0.3) is 0 Å². The summed E-state index contributed by atoms with van der Waals surface area (Å²) in [6.07, 6.45) is 2.37. The van der Waals surface area contributed by atoms with Crippen molar-refractivity contribution >= 4 is 27.3 Å². The van der Waals surface area contributed by atoms with Crippen LogP contribution in [0.1, 0.15) is 16.5 Å². The van der Waals surface area contributed by atoms with E-state index in [1.807, 2.05) is 0 Å². The van der Waals surface area contributed by atoms with E-state index >= 15 is 0 Å². The molecule has 3 N–H and O–H groups in total. The summed E-state index contributed by atoms with van der Waals surface area (Å²) >= 11 is 4.93. The third-order valence-electron chi connectivity index (χ3n) is 2.43. The molecule has 0 aliphatic carbocycles. The maximum Gasteiger partial charge on any atom is 0.123 e. The van der Waals surface area contributed by atoms with Gasteiger partial charge in [-0.2, -0.15) is 0 Å². The molecule has 90 valence electrons. The molecule has 1 heterocycles. The lowest BCUT2D eigenvalue weighted by atomic mass is 10.1. The number of benzene rings is 1. The van der Waals surface area contributed by atoms with Gasteiger partial charge in [0, 0.05) is 15.5 Å². The molecule has 1 atom stereocenters. The van der Waals surface area contributed by atoms with Gasteiger partial charge in [0.05, 0.1) is 11.6 Å². The molecular formula is C11H11BrFN3S. The summed E-state index contributed by atoms with van der Waals surface area (Å²) in [7, 11) is 0. The standard InChI is InChI=1S/C11H11BrFN3S/c12-9-2-1-8(13)3-7(9)4-10(16-14)11-5-15-6-17-11/h1-3,5-6,10,16H,4,14H2. The van der Waals surface area contributed by atoms with Gasteiger partial charge in [-0.1, -0.05) is 15.9 Å². The minimum Gasteiger partial charge on any atom is -0.271 e. The second kappa shape index (κ2) is 5.68. The third kappa shape index (κ3) is 3.10. The fraction of sp³-hybridized carbons (Fsp3) is 0.182. The minimum absolute atomic E-state index is 0.0550. The Morgan fingerprint density at radius 2 is 2.35 bits per heavy atom. The maximum absolute atomic E-state index is 13.2. The highest BCUT2D eigenvalue weighted by molar-refractivity contribution is 9.10. The first-order valence-corrected chi connectivity index (χ1v) is 6.66. The van der Waals surface area contributed by atoms with Crippen LogP contribution in [0.15, 0.2) is 34.4 Å². The number of aromatic nitrogens is 1. The Bertz CT molecular complexity index is 489. The highest BCUT2D eigenvalue weighted by Gasteiger charge is 2.14. The normalized spacial score (nSPS) is 12.6. The largest absolute Gasteiger partial charge is 0.271 e. The Labute approximate surface area is 111 Å². The van der Waals surface area contributed by atoms with Crippen molar-refractivity contribution in [1.29, 1.82) is 0 Å². The molecule has 3 nitrogen and oxygen atoms in total. The summed E-state index contributed by atoms with van der Waals surface area (Å²) in [5.74, 6) is 5.27. The highest BCUT2D eigenvalue weighted by Crippen LogP contribution is 2.25. The molecule has 1 unspecified atom stereocenters. The van der Waals surface area contributed by atoms with Gasteiger partial charge in [0.2, 0.25) is 0 Å². The van der Waals surface area contributed by atoms with Crippen LogP contribution >= 0.6 is 27.3 Å². The summed E-state index contributed by atoms with van der Waals surface area (Å²) in [5, 5.41) is 0. The number of hydrogen-bond donors (Lipinski definition) is 2. The first kappa shape index (κ1) is 12.6. The van der Waals surface area contributed by atoms with Gasteiger partial charge < -0.3 is 0 Å². The van der Waals surface area contributed by atoms with E-state index in [2.05, 4.69) is 26.3 Å². The van der Waals surface area contributed by atoms with Crippen LogP contribution < -0.4 is 11.3 Å². The smallest absolute Gasteiger partial charge is 0.123 e. The van der Waals surface area contributed by atoms with Crippen molar-refractivity contribution in [1.82, 2.24) is 10.4 Å². The van der Waals surface area contributed by atoms with Crippen molar-refractivity contribution in [3.8, 4) is 0 Å². The second-order valence-electron chi connectivity index (χ2n) is 3.56. The quantitative estimate of drug-likeness (QED) is 0.674. The summed E-state index contributed by atoms with van der Waals surface area (Å²) in [5.41, 5.74) is 5.35. The van der Waals surface area contributed by atoms with Crippen molar-refractivity contribution in [2.24, 2.45) is 5.84 Å². The lowest BCUT2D eigenvalue weighted by Gasteiger charge is -2.14. The van der Waals surface area contributed by atoms with Crippen LogP contribution in [-0.2, 0) is 6.42 Å². The summed E-state index contributed by atoms with van der Waals surface area (Å²) in [4.78, 5) is 5.04. The average Bonchev–Trinajstić information content (AvgIpc) is 2.84. The Kier molecular flexibility index (Phi) is 4.22. The summed E-state index contributed by atoms with van der Waals surface area (Å²) < 4.78 is 14.0. The summed E-state index contributed by atoms with van der Waals surface area (Å²) in [6.45, 7) is 0. The number of nitrogens with two attached hydrogens (primary N) is 1. The predicted molar refractivity (Wildman–Crippen MR) is 70.0 cm³/mol. The molecule has 0 saturated carbocycles. The zero-order valence-corrected chi connectivity index (χ0v) is 11.3. The van der Waals surface area contributed by atoms with Crippen LogP contribution in [0.5, 0.6) is 0 Å². The van der Waals surface area contributed by atoms with Gasteiger partial charge in [-0.05, 0) is 30.2 Å². The van der Waals surface area contributed by atoms with Crippen molar-refractivity contribution in [2.75, 3.05) is 0 Å². The van der Waals surface area contributed by atoms with Gasteiger partial charge in [0.15, 0.2) is 0 Å². The number of nitrogens with zero attached hydrogens (tertiary/aromatic N) is 1. The van der Waals surface area contributed by atoms with Gasteiger partial charge in [-0.25, -0.2) is 4.39 Å². The van der Waals surface area contributed by atoms with Crippen LogP contribution in [0.25, 0.3) is 0 Å². The lowest BCUT2D eigenvalue weighted by molar-refractivity contribution is 0.555. The first-order valence-electron chi connectivity index (χ1n) is 4.99. The minimum atomic E-state index is -0.247. The molecule has 0 saturated heterocycles. The van der Waals surface area contributed by atoms with E-state index < -0.39 is 0 Å². The molecule has 2 aromatic rings. The summed E-state index contributed by atoms with van der Waals surface area (Å²) in [6, 6.07) is 4.58. The van der Waals surface area contributed by atoms with E-state index in [0.717, 1.165) is 14.9 Å². The number of nitrogens with one attached hydrogen (secondary N) is 1. The zero-order valence-electron chi connectivity index (χ0n) is 8.86. The lowest BCUT2D eigenvalue weighted by Crippen LogP contribution is -2.29. The highest BCUT2D eigenvalue weighted by atomic mass is 79.9. The molecule has 2 rings (SSSR count). The van der Waals surface area contributed by atoms with E-state index in [1.165, 1.54) is 23.5 Å². The molecule has 0 spiro atoms. The molecule has 0 bridgehead atoms. The topological polar surface area (TPSA) is 50.9 Å². The third-order valence-corrected chi connectivity index (χ3v) is 4.09. The number of hydrogen-bond acceptors (Lipinski definition) is 4. The number of thiazole rings is 1. The van der Waals surface area contributed by atoms with Crippen molar-refractivity contribution in [3.05, 3.63) is 50.6 Å². The zero-order chi connectivity index (χ0) is 12.3. The first-order chi connectivity index (χ1) is 8.20. The van der Waals surface area contributed by atoms with Gasteiger partial charge >= 0.3 is 0 Å². The van der Waals surface area contributed by atoms with E-state index in [0.29, 0.717) is 6.42 Å². The predicted octanol–water partition coefficient (Wildman–Crippen LogP) is 2.79. The maximum atomic E-state index is 13.2. The molecule has 1 aromatic heterocycles. The molecular weight excluding hydrogens is 305 g/mol. The van der Waals surface area contributed by atoms with Crippen LogP contribution in [-0.4, -0.2) is 4.98 Å². The van der Waals surface area contributed by atoms with Crippen LogP contribution in [0.4, 0.5) is 4.39 Å². The molecule has 17 heavy (non-hydrogen) atoms. The molecule has 0 aliphatic heterocycles. The van der Waals surface area contributed by atoms with Gasteiger partial charge in [0.1, 0.15) is 5.82 Å². The van der Waals surface area contributed by atoms with E-state index in [4.69, 9.17) is 5.84 Å². The molecule has 0 fully saturated rings. The monoisotopic (exact) mass is 315 g/mol. The van der Waals surface area contributed by atoms with Gasteiger partial charge in [-0.15, -0.1) is 11.3 Å². The van der Waals surface area contributed by atoms with E-state index in [-0.39, 0.29) is 11.9 Å². The fourth-order valence-electron chi connectivity index (χ4n) is 1.56. The second-order valence-corrected chi connectivity index (χ2v) is 5.34. The van der Waals surface area contributed by atoms with Crippen molar-refractivity contribution in [3.63, 3.8) is 0 Å². The Morgan fingerprint density at radius 1 is 1.53 bits per heavy atom. The van der Waals surface area contributed by atoms with E-state index in [9.17, 15) is 4.39 Å². The Morgan fingerprint density at radius 3 is 3.00 bits per heavy atom. The number of rotatable bonds is 4. The SMILES string of the molecule is NNC(Cc1cc(F)ccc1Br)c1cncs1. The van der Waals surface area contributed by atoms with Crippen LogP contribution in [0.2, 0.25) is 0 Å². The average molecular weight is 316 g/mol.